The van der Waals surface area contributed by atoms with Crippen molar-refractivity contribution in [2.75, 3.05) is 13.2 Å². The van der Waals surface area contributed by atoms with Crippen LogP contribution in [-0.2, 0) is 4.79 Å². The lowest BCUT2D eigenvalue weighted by molar-refractivity contribution is -0.123. The van der Waals surface area contributed by atoms with Gasteiger partial charge in [-0.2, -0.15) is 0 Å². The van der Waals surface area contributed by atoms with E-state index in [2.05, 4.69) is 30.0 Å². The van der Waals surface area contributed by atoms with Crippen LogP contribution >= 0.6 is 12.2 Å². The van der Waals surface area contributed by atoms with E-state index in [9.17, 15) is 9.59 Å². The summed E-state index contributed by atoms with van der Waals surface area (Å²) in [6.45, 7) is 4.51. The van der Waals surface area contributed by atoms with E-state index in [-0.39, 0.29) is 11.7 Å². The third kappa shape index (κ3) is 6.95. The molecule has 0 bridgehead atoms. The molecule has 0 saturated carbocycles. The maximum atomic E-state index is 12.3. The topological polar surface area (TPSA) is 88.7 Å². The molecular formula is C24H25N3O4S. The fourth-order valence-corrected chi connectivity index (χ4v) is 2.88. The number of nitrogens with one attached hydrogen (secondary N) is 3. The van der Waals surface area contributed by atoms with Gasteiger partial charge in [0.1, 0.15) is 11.5 Å². The molecule has 3 aromatic carbocycles. The van der Waals surface area contributed by atoms with Crippen molar-refractivity contribution >= 4 is 39.9 Å². The van der Waals surface area contributed by atoms with Crippen molar-refractivity contribution in [1.82, 2.24) is 16.2 Å². The van der Waals surface area contributed by atoms with E-state index >= 15 is 0 Å². The molecule has 0 radical (unpaired) electrons. The predicted octanol–water partition coefficient (Wildman–Crippen LogP) is 3.59. The first kappa shape index (κ1) is 23.0. The largest absolute Gasteiger partial charge is 0.493 e. The lowest BCUT2D eigenvalue weighted by Gasteiger charge is -2.12. The number of hydrogen-bond donors (Lipinski definition) is 3. The van der Waals surface area contributed by atoms with E-state index in [1.54, 1.807) is 30.3 Å². The molecule has 0 heterocycles. The summed E-state index contributed by atoms with van der Waals surface area (Å²) in [6, 6.07) is 20.2. The fraction of sp³-hybridized carbons (Fsp3) is 0.208. The number of carbonyl (C=O) groups excluding carboxylic acids is 2. The van der Waals surface area contributed by atoms with E-state index in [1.165, 1.54) is 0 Å². The second kappa shape index (κ2) is 11.1. The average Bonchev–Trinajstić information content (AvgIpc) is 2.80. The maximum Gasteiger partial charge on any atom is 0.276 e. The van der Waals surface area contributed by atoms with Gasteiger partial charge in [-0.1, -0.05) is 44.2 Å². The number of thiocarbonyl (C=S) groups is 1. The van der Waals surface area contributed by atoms with Crippen molar-refractivity contribution in [3.63, 3.8) is 0 Å². The Morgan fingerprint density at radius 2 is 1.56 bits per heavy atom. The van der Waals surface area contributed by atoms with Crippen LogP contribution in [0.25, 0.3) is 10.8 Å². The Kier molecular flexibility index (Phi) is 7.99. The monoisotopic (exact) mass is 451 g/mol. The van der Waals surface area contributed by atoms with Crippen LogP contribution in [-0.4, -0.2) is 30.1 Å². The molecule has 8 heteroatoms. The molecule has 0 aromatic heterocycles. The molecule has 0 saturated heterocycles. The van der Waals surface area contributed by atoms with Gasteiger partial charge >= 0.3 is 0 Å². The zero-order valence-corrected chi connectivity index (χ0v) is 18.7. The summed E-state index contributed by atoms with van der Waals surface area (Å²) in [6.07, 6.45) is 0. The van der Waals surface area contributed by atoms with Crippen LogP contribution in [0.4, 0.5) is 0 Å². The summed E-state index contributed by atoms with van der Waals surface area (Å²) in [4.78, 5) is 24.3. The Morgan fingerprint density at radius 1 is 0.875 bits per heavy atom. The lowest BCUT2D eigenvalue weighted by atomic mass is 10.1. The number of hydrazine groups is 1. The molecule has 3 rings (SSSR count). The lowest BCUT2D eigenvalue weighted by Crippen LogP contribution is -2.49. The Morgan fingerprint density at radius 3 is 2.28 bits per heavy atom. The van der Waals surface area contributed by atoms with Gasteiger partial charge in [0.05, 0.1) is 6.61 Å². The van der Waals surface area contributed by atoms with Crippen LogP contribution < -0.4 is 25.6 Å². The van der Waals surface area contributed by atoms with Crippen molar-refractivity contribution in [3.8, 4) is 11.5 Å². The highest BCUT2D eigenvalue weighted by Crippen LogP contribution is 2.20. The molecule has 0 spiro atoms. The summed E-state index contributed by atoms with van der Waals surface area (Å²) in [5, 5.41) is 4.58. The SMILES string of the molecule is CC(C)COc1ccc(C(=O)NC(=S)NNC(=O)COc2ccc3ccccc3c2)cc1. The number of fused-ring (bicyclic) bond motifs is 1. The molecule has 3 N–H and O–H groups in total. The quantitative estimate of drug-likeness (QED) is 0.376. The third-order valence-corrected chi connectivity index (χ3v) is 4.54. The molecule has 2 amide bonds. The molecule has 7 nitrogen and oxygen atoms in total. The zero-order chi connectivity index (χ0) is 22.9. The maximum absolute atomic E-state index is 12.3. The minimum atomic E-state index is -0.443. The van der Waals surface area contributed by atoms with Gasteiger partial charge in [-0.3, -0.25) is 25.8 Å². The minimum absolute atomic E-state index is 0.0332. The predicted molar refractivity (Wildman–Crippen MR) is 128 cm³/mol. The van der Waals surface area contributed by atoms with Gasteiger partial charge in [0.2, 0.25) is 0 Å². The van der Waals surface area contributed by atoms with Gasteiger partial charge in [-0.05, 0) is 65.3 Å². The van der Waals surface area contributed by atoms with Crippen molar-refractivity contribution in [3.05, 3.63) is 72.3 Å². The molecule has 0 aliphatic rings. The smallest absolute Gasteiger partial charge is 0.276 e. The number of amides is 2. The molecule has 0 unspecified atom stereocenters. The fourth-order valence-electron chi connectivity index (χ4n) is 2.74. The number of carbonyl (C=O) groups is 2. The van der Waals surface area contributed by atoms with Crippen LogP contribution in [0.5, 0.6) is 11.5 Å². The highest BCUT2D eigenvalue weighted by atomic mass is 32.1. The highest BCUT2D eigenvalue weighted by Gasteiger charge is 2.10. The zero-order valence-electron chi connectivity index (χ0n) is 17.9. The molecule has 166 valence electrons. The highest BCUT2D eigenvalue weighted by molar-refractivity contribution is 7.80. The number of ether oxygens (including phenoxy) is 2. The third-order valence-electron chi connectivity index (χ3n) is 4.33. The van der Waals surface area contributed by atoms with Gasteiger partial charge in [0.25, 0.3) is 11.8 Å². The Labute approximate surface area is 192 Å². The van der Waals surface area contributed by atoms with Gasteiger partial charge in [0, 0.05) is 5.56 Å². The van der Waals surface area contributed by atoms with E-state index in [0.717, 1.165) is 10.8 Å². The minimum Gasteiger partial charge on any atom is -0.493 e. The number of hydrogen-bond acceptors (Lipinski definition) is 5. The van der Waals surface area contributed by atoms with Gasteiger partial charge in [0.15, 0.2) is 11.7 Å². The number of benzene rings is 3. The second-order valence-electron chi connectivity index (χ2n) is 7.48. The Bertz CT molecular complexity index is 1100. The van der Waals surface area contributed by atoms with Crippen LogP contribution in [0.3, 0.4) is 0 Å². The van der Waals surface area contributed by atoms with E-state index < -0.39 is 11.8 Å². The van der Waals surface area contributed by atoms with Crippen molar-refractivity contribution in [2.24, 2.45) is 5.92 Å². The van der Waals surface area contributed by atoms with Crippen LogP contribution in [0.2, 0.25) is 0 Å². The Balaban J connectivity index is 1.40. The summed E-state index contributed by atoms with van der Waals surface area (Å²) in [5.74, 6) is 0.834. The first-order chi connectivity index (χ1) is 15.4. The summed E-state index contributed by atoms with van der Waals surface area (Å²) < 4.78 is 11.1. The standard InChI is InChI=1S/C24H25N3O4S/c1-16(2)14-30-20-10-8-18(9-11-20)23(29)25-24(32)27-26-22(28)15-31-21-12-7-17-5-3-4-6-19(17)13-21/h3-13,16H,14-15H2,1-2H3,(H,26,28)(H2,25,27,29,32). The molecule has 0 fully saturated rings. The van der Waals surface area contributed by atoms with E-state index in [1.807, 2.05) is 36.4 Å². The molecule has 3 aromatic rings. The first-order valence-electron chi connectivity index (χ1n) is 10.2. The second-order valence-corrected chi connectivity index (χ2v) is 7.89. The van der Waals surface area contributed by atoms with Gasteiger partial charge in [-0.25, -0.2) is 0 Å². The summed E-state index contributed by atoms with van der Waals surface area (Å²) in [5.41, 5.74) is 5.30. The van der Waals surface area contributed by atoms with Crippen LogP contribution in [0.15, 0.2) is 66.7 Å². The van der Waals surface area contributed by atoms with Crippen LogP contribution in [0.1, 0.15) is 24.2 Å². The molecule has 0 aliphatic carbocycles. The summed E-state index contributed by atoms with van der Waals surface area (Å²) >= 11 is 5.05. The average molecular weight is 452 g/mol. The van der Waals surface area contributed by atoms with Gasteiger partial charge in [-0.15, -0.1) is 0 Å². The van der Waals surface area contributed by atoms with Crippen molar-refractivity contribution in [1.29, 1.82) is 0 Å². The summed E-state index contributed by atoms with van der Waals surface area (Å²) in [7, 11) is 0. The molecule has 0 aliphatic heterocycles. The van der Waals surface area contributed by atoms with Crippen LogP contribution in [0, 0.1) is 5.92 Å². The van der Waals surface area contributed by atoms with E-state index in [0.29, 0.717) is 29.6 Å². The van der Waals surface area contributed by atoms with Crippen molar-refractivity contribution < 1.29 is 19.1 Å². The van der Waals surface area contributed by atoms with Crippen molar-refractivity contribution in [2.45, 2.75) is 13.8 Å². The molecule has 0 atom stereocenters. The molecular weight excluding hydrogens is 426 g/mol. The normalized spacial score (nSPS) is 10.5. The number of rotatable bonds is 7. The molecule has 32 heavy (non-hydrogen) atoms. The van der Waals surface area contributed by atoms with E-state index in [4.69, 9.17) is 21.7 Å². The first-order valence-corrected chi connectivity index (χ1v) is 10.6. The Hall–Kier alpha value is -3.65. The van der Waals surface area contributed by atoms with Gasteiger partial charge < -0.3 is 9.47 Å².